The highest BCUT2D eigenvalue weighted by atomic mass is 15.1. The van der Waals surface area contributed by atoms with Crippen molar-refractivity contribution in [3.8, 4) is 0 Å². The summed E-state index contributed by atoms with van der Waals surface area (Å²) < 4.78 is 0. The lowest BCUT2D eigenvalue weighted by Crippen LogP contribution is -2.46. The summed E-state index contributed by atoms with van der Waals surface area (Å²) >= 11 is 0. The Balaban J connectivity index is 2.45. The Labute approximate surface area is 121 Å². The molecule has 0 bridgehead atoms. The van der Waals surface area contributed by atoms with E-state index in [4.69, 9.17) is 5.73 Å². The van der Waals surface area contributed by atoms with Gasteiger partial charge in [-0.15, -0.1) is 0 Å². The Bertz CT molecular complexity index is 205. The first kappa shape index (κ1) is 17.0. The van der Waals surface area contributed by atoms with Crippen molar-refractivity contribution >= 4 is 0 Å². The molecule has 0 aromatic heterocycles. The maximum atomic E-state index is 6.49. The van der Waals surface area contributed by atoms with E-state index in [0.29, 0.717) is 12.1 Å². The van der Waals surface area contributed by atoms with Crippen LogP contribution in [0.5, 0.6) is 0 Å². The molecule has 0 aliphatic heterocycles. The zero-order valence-electron chi connectivity index (χ0n) is 13.4. The number of nitrogens with zero attached hydrogens (tertiary/aromatic N) is 1. The van der Waals surface area contributed by atoms with E-state index in [9.17, 15) is 0 Å². The van der Waals surface area contributed by atoms with Crippen LogP contribution in [0.3, 0.4) is 0 Å². The van der Waals surface area contributed by atoms with Crippen molar-refractivity contribution in [2.75, 3.05) is 13.6 Å². The van der Waals surface area contributed by atoms with E-state index in [1.54, 1.807) is 0 Å². The van der Waals surface area contributed by atoms with E-state index in [-0.39, 0.29) is 0 Å². The van der Waals surface area contributed by atoms with E-state index in [0.717, 1.165) is 0 Å². The van der Waals surface area contributed by atoms with Crippen LogP contribution in [0.25, 0.3) is 0 Å². The molecule has 19 heavy (non-hydrogen) atoms. The van der Waals surface area contributed by atoms with Crippen LogP contribution in [-0.2, 0) is 0 Å². The first-order chi connectivity index (χ1) is 9.25. The van der Waals surface area contributed by atoms with Crippen LogP contribution in [0.4, 0.5) is 0 Å². The summed E-state index contributed by atoms with van der Waals surface area (Å²) in [7, 11) is 2.28. The average molecular weight is 268 g/mol. The van der Waals surface area contributed by atoms with Crippen LogP contribution in [-0.4, -0.2) is 30.6 Å². The summed E-state index contributed by atoms with van der Waals surface area (Å²) in [6, 6.07) is 1.01. The number of rotatable bonds is 4. The van der Waals surface area contributed by atoms with Gasteiger partial charge in [-0.3, -0.25) is 0 Å². The summed E-state index contributed by atoms with van der Waals surface area (Å²) in [4.78, 5) is 2.54. The molecule has 0 amide bonds. The third-order valence-corrected chi connectivity index (χ3v) is 4.71. The van der Waals surface area contributed by atoms with Crippen molar-refractivity contribution in [2.24, 2.45) is 5.73 Å². The summed E-state index contributed by atoms with van der Waals surface area (Å²) in [6.07, 6.45) is 16.4. The first-order valence-corrected chi connectivity index (χ1v) is 8.71. The normalized spacial score (nSPS) is 27.8. The van der Waals surface area contributed by atoms with Gasteiger partial charge in [0.25, 0.3) is 0 Å². The van der Waals surface area contributed by atoms with Crippen LogP contribution in [0, 0.1) is 0 Å². The Morgan fingerprint density at radius 3 is 2.00 bits per heavy atom. The molecule has 1 fully saturated rings. The van der Waals surface area contributed by atoms with Crippen LogP contribution in [0.15, 0.2) is 0 Å². The van der Waals surface area contributed by atoms with E-state index >= 15 is 0 Å². The number of nitrogens with two attached hydrogens (primary N) is 1. The molecule has 2 N–H and O–H groups in total. The van der Waals surface area contributed by atoms with Crippen molar-refractivity contribution in [1.29, 1.82) is 0 Å². The number of unbranched alkanes of at least 4 members (excludes halogenated alkanes) is 1. The molecule has 1 aliphatic carbocycles. The van der Waals surface area contributed by atoms with Gasteiger partial charge in [0, 0.05) is 12.1 Å². The lowest BCUT2D eigenvalue weighted by Gasteiger charge is -2.33. The molecule has 1 rings (SSSR count). The van der Waals surface area contributed by atoms with Crippen LogP contribution >= 0.6 is 0 Å². The Morgan fingerprint density at radius 1 is 0.895 bits per heavy atom. The maximum Gasteiger partial charge on any atom is 0.0244 e. The highest BCUT2D eigenvalue weighted by Gasteiger charge is 2.21. The van der Waals surface area contributed by atoms with Crippen molar-refractivity contribution in [1.82, 2.24) is 4.90 Å². The third kappa shape index (κ3) is 7.31. The zero-order valence-corrected chi connectivity index (χ0v) is 13.4. The van der Waals surface area contributed by atoms with Gasteiger partial charge in [-0.05, 0) is 32.9 Å². The van der Waals surface area contributed by atoms with E-state index < -0.39 is 0 Å². The van der Waals surface area contributed by atoms with Gasteiger partial charge < -0.3 is 10.6 Å². The molecular formula is C17H36N2. The second kappa shape index (κ2) is 10.7. The van der Waals surface area contributed by atoms with E-state index in [1.165, 1.54) is 83.6 Å². The van der Waals surface area contributed by atoms with E-state index in [1.807, 2.05) is 0 Å². The third-order valence-electron chi connectivity index (χ3n) is 4.71. The Kier molecular flexibility index (Phi) is 9.54. The quantitative estimate of drug-likeness (QED) is 0.822. The monoisotopic (exact) mass is 268 g/mol. The second-order valence-electron chi connectivity index (χ2n) is 6.47. The fraction of sp³-hybridized carbons (Fsp3) is 1.00. The maximum absolute atomic E-state index is 6.49. The van der Waals surface area contributed by atoms with Crippen molar-refractivity contribution < 1.29 is 0 Å². The highest BCUT2D eigenvalue weighted by molar-refractivity contribution is 4.81. The molecule has 0 radical (unpaired) electrons. The number of hydrogen-bond donors (Lipinski definition) is 1. The van der Waals surface area contributed by atoms with Crippen molar-refractivity contribution in [3.05, 3.63) is 0 Å². The molecule has 2 unspecified atom stereocenters. The topological polar surface area (TPSA) is 29.3 Å². The van der Waals surface area contributed by atoms with Gasteiger partial charge in [0.1, 0.15) is 0 Å². The Morgan fingerprint density at radius 2 is 1.42 bits per heavy atom. The van der Waals surface area contributed by atoms with Gasteiger partial charge in [0.15, 0.2) is 0 Å². The van der Waals surface area contributed by atoms with E-state index in [2.05, 4.69) is 18.9 Å². The van der Waals surface area contributed by atoms with Crippen LogP contribution in [0.2, 0.25) is 0 Å². The summed E-state index contributed by atoms with van der Waals surface area (Å²) in [5, 5.41) is 0. The largest absolute Gasteiger partial charge is 0.326 e. The zero-order chi connectivity index (χ0) is 13.9. The summed E-state index contributed by atoms with van der Waals surface area (Å²) in [5.74, 6) is 0. The molecule has 2 atom stereocenters. The first-order valence-electron chi connectivity index (χ1n) is 8.71. The van der Waals surface area contributed by atoms with Gasteiger partial charge in [-0.1, -0.05) is 64.7 Å². The molecule has 2 nitrogen and oxygen atoms in total. The predicted octanol–water partition coefficient (Wildman–Crippen LogP) is 4.33. The van der Waals surface area contributed by atoms with Gasteiger partial charge >= 0.3 is 0 Å². The molecule has 0 aromatic rings. The summed E-state index contributed by atoms with van der Waals surface area (Å²) in [5.41, 5.74) is 6.49. The minimum Gasteiger partial charge on any atom is -0.326 e. The molecular weight excluding hydrogens is 232 g/mol. The standard InChI is InChI=1S/C17H36N2/c1-3-4-15-19(2)17-14-12-10-8-6-5-7-9-11-13-16(17)18/h16-17H,3-15,18H2,1-2H3. The fourth-order valence-electron chi connectivity index (χ4n) is 3.32. The second-order valence-corrected chi connectivity index (χ2v) is 6.47. The summed E-state index contributed by atoms with van der Waals surface area (Å²) in [6.45, 7) is 3.49. The molecule has 0 aromatic carbocycles. The lowest BCUT2D eigenvalue weighted by molar-refractivity contribution is 0.185. The predicted molar refractivity (Wildman–Crippen MR) is 85.5 cm³/mol. The van der Waals surface area contributed by atoms with Gasteiger partial charge in [0.2, 0.25) is 0 Å². The molecule has 114 valence electrons. The van der Waals surface area contributed by atoms with Crippen LogP contribution in [0.1, 0.15) is 84.0 Å². The Hall–Kier alpha value is -0.0800. The van der Waals surface area contributed by atoms with Gasteiger partial charge in [0.05, 0.1) is 0 Å². The molecule has 0 heterocycles. The van der Waals surface area contributed by atoms with Gasteiger partial charge in [-0.2, -0.15) is 0 Å². The number of likely N-dealkylation sites (N-methyl/N-ethyl adjacent to an activating group) is 1. The molecule has 0 spiro atoms. The molecule has 2 heteroatoms. The van der Waals surface area contributed by atoms with Crippen molar-refractivity contribution in [3.63, 3.8) is 0 Å². The number of hydrogen-bond acceptors (Lipinski definition) is 2. The minimum absolute atomic E-state index is 0.390. The minimum atomic E-state index is 0.390. The molecule has 1 saturated carbocycles. The molecule has 0 saturated heterocycles. The fourth-order valence-corrected chi connectivity index (χ4v) is 3.32. The van der Waals surface area contributed by atoms with Gasteiger partial charge in [-0.25, -0.2) is 0 Å². The smallest absolute Gasteiger partial charge is 0.0244 e. The van der Waals surface area contributed by atoms with Crippen LogP contribution < -0.4 is 5.73 Å². The highest BCUT2D eigenvalue weighted by Crippen LogP contribution is 2.19. The van der Waals surface area contributed by atoms with Crippen molar-refractivity contribution in [2.45, 2.75) is 96.1 Å². The SMILES string of the molecule is CCCCN(C)C1CCCCCCCCCCC1N. The average Bonchev–Trinajstić information content (AvgIpc) is 2.40. The lowest BCUT2D eigenvalue weighted by atomic mass is 9.93. The molecule has 1 aliphatic rings.